The molecule has 5 nitrogen and oxygen atoms in total. The van der Waals surface area contributed by atoms with E-state index in [0.717, 1.165) is 21.9 Å². The summed E-state index contributed by atoms with van der Waals surface area (Å²) in [6, 6.07) is 8.53. The van der Waals surface area contributed by atoms with E-state index in [0.29, 0.717) is 16.8 Å². The molecule has 0 atom stereocenters. The number of carbonyl (C=O) groups excluding carboxylic acids is 2. The maximum atomic E-state index is 12.7. The highest BCUT2D eigenvalue weighted by molar-refractivity contribution is 6.32. The van der Waals surface area contributed by atoms with Crippen molar-refractivity contribution in [2.24, 2.45) is 0 Å². The van der Waals surface area contributed by atoms with Crippen molar-refractivity contribution in [3.63, 3.8) is 0 Å². The number of benzene rings is 1. The number of amides is 3. The van der Waals surface area contributed by atoms with Crippen LogP contribution in [0.4, 0.5) is 10.5 Å². The van der Waals surface area contributed by atoms with Crippen molar-refractivity contribution in [1.29, 1.82) is 0 Å². The van der Waals surface area contributed by atoms with Gasteiger partial charge in [-0.1, -0.05) is 17.7 Å². The Hall–Kier alpha value is -2.53. The van der Waals surface area contributed by atoms with Gasteiger partial charge in [0, 0.05) is 22.5 Å². The maximum Gasteiger partial charge on any atom is 0.333 e. The SMILES string of the molecule is Cc1cc(/C=C2\NC(=O)N(c3cccc(Cl)c3)C2=O)c(C)n1C(C)C. The second-order valence-electron chi connectivity index (χ2n) is 6.40. The lowest BCUT2D eigenvalue weighted by Crippen LogP contribution is -2.30. The number of nitrogens with zero attached hydrogens (tertiary/aromatic N) is 2. The Morgan fingerprint density at radius 1 is 1.16 bits per heavy atom. The van der Waals surface area contributed by atoms with Gasteiger partial charge in [-0.3, -0.25) is 4.79 Å². The van der Waals surface area contributed by atoms with Gasteiger partial charge in [0.05, 0.1) is 5.69 Å². The summed E-state index contributed by atoms with van der Waals surface area (Å²) in [5.41, 5.74) is 3.80. The van der Waals surface area contributed by atoms with Crippen molar-refractivity contribution in [3.05, 3.63) is 58.0 Å². The molecule has 0 bridgehead atoms. The van der Waals surface area contributed by atoms with E-state index in [2.05, 4.69) is 23.7 Å². The third-order valence-corrected chi connectivity index (χ3v) is 4.52. The van der Waals surface area contributed by atoms with Crippen LogP contribution in [-0.2, 0) is 4.79 Å². The molecule has 1 aliphatic rings. The van der Waals surface area contributed by atoms with Gasteiger partial charge in [0.15, 0.2) is 0 Å². The van der Waals surface area contributed by atoms with Gasteiger partial charge in [-0.05, 0) is 63.6 Å². The summed E-state index contributed by atoms with van der Waals surface area (Å²) in [5, 5.41) is 3.12. The minimum absolute atomic E-state index is 0.258. The first kappa shape index (κ1) is 17.3. The lowest BCUT2D eigenvalue weighted by atomic mass is 10.2. The second kappa shape index (κ2) is 6.41. The zero-order valence-electron chi connectivity index (χ0n) is 14.6. The quantitative estimate of drug-likeness (QED) is 0.652. The molecule has 1 N–H and O–H groups in total. The highest BCUT2D eigenvalue weighted by Gasteiger charge is 2.35. The van der Waals surface area contributed by atoms with Gasteiger partial charge < -0.3 is 9.88 Å². The Morgan fingerprint density at radius 2 is 1.88 bits per heavy atom. The lowest BCUT2D eigenvalue weighted by Gasteiger charge is -2.13. The predicted octanol–water partition coefficient (Wildman–Crippen LogP) is 4.44. The van der Waals surface area contributed by atoms with E-state index in [9.17, 15) is 9.59 Å². The predicted molar refractivity (Wildman–Crippen MR) is 99.7 cm³/mol. The minimum atomic E-state index is -0.476. The summed E-state index contributed by atoms with van der Waals surface area (Å²) in [7, 11) is 0. The Kier molecular flexibility index (Phi) is 4.43. The molecule has 0 unspecified atom stereocenters. The average Bonchev–Trinajstić information content (AvgIpc) is 2.95. The van der Waals surface area contributed by atoms with Crippen LogP contribution >= 0.6 is 11.6 Å². The molecule has 1 aromatic heterocycles. The van der Waals surface area contributed by atoms with Crippen LogP contribution in [0.1, 0.15) is 36.8 Å². The van der Waals surface area contributed by atoms with Gasteiger partial charge in [0.25, 0.3) is 5.91 Å². The van der Waals surface area contributed by atoms with E-state index >= 15 is 0 Å². The number of hydrogen-bond acceptors (Lipinski definition) is 2. The van der Waals surface area contributed by atoms with Gasteiger partial charge in [-0.15, -0.1) is 0 Å². The molecular weight excluding hydrogens is 338 g/mol. The van der Waals surface area contributed by atoms with Crippen molar-refractivity contribution < 1.29 is 9.59 Å². The van der Waals surface area contributed by atoms with Gasteiger partial charge in [-0.2, -0.15) is 0 Å². The van der Waals surface area contributed by atoms with Crippen LogP contribution in [0.5, 0.6) is 0 Å². The summed E-state index contributed by atoms with van der Waals surface area (Å²) >= 11 is 5.97. The van der Waals surface area contributed by atoms with Crippen molar-refractivity contribution in [1.82, 2.24) is 9.88 Å². The van der Waals surface area contributed by atoms with Crippen LogP contribution in [-0.4, -0.2) is 16.5 Å². The number of rotatable bonds is 3. The fourth-order valence-electron chi connectivity index (χ4n) is 3.28. The molecule has 0 radical (unpaired) electrons. The number of nitrogens with one attached hydrogen (secondary N) is 1. The number of imide groups is 1. The van der Waals surface area contributed by atoms with Crippen molar-refractivity contribution in [2.45, 2.75) is 33.7 Å². The first-order chi connectivity index (χ1) is 11.8. The lowest BCUT2D eigenvalue weighted by molar-refractivity contribution is -0.113. The summed E-state index contributed by atoms with van der Waals surface area (Å²) in [4.78, 5) is 26.1. The number of aromatic nitrogens is 1. The zero-order valence-corrected chi connectivity index (χ0v) is 15.4. The number of halogens is 1. The Labute approximate surface area is 151 Å². The first-order valence-electron chi connectivity index (χ1n) is 8.10. The van der Waals surface area contributed by atoms with E-state index in [4.69, 9.17) is 11.6 Å². The van der Waals surface area contributed by atoms with E-state index in [1.54, 1.807) is 30.3 Å². The van der Waals surface area contributed by atoms with Crippen LogP contribution < -0.4 is 10.2 Å². The molecule has 6 heteroatoms. The van der Waals surface area contributed by atoms with Crippen molar-refractivity contribution >= 4 is 35.3 Å². The molecule has 1 fully saturated rings. The van der Waals surface area contributed by atoms with Gasteiger partial charge in [0.1, 0.15) is 5.70 Å². The van der Waals surface area contributed by atoms with Gasteiger partial charge in [0.2, 0.25) is 0 Å². The fraction of sp³-hybridized carbons (Fsp3) is 0.263. The normalized spacial score (nSPS) is 16.2. The molecule has 2 heterocycles. The van der Waals surface area contributed by atoms with Gasteiger partial charge in [-0.25, -0.2) is 9.69 Å². The second-order valence-corrected chi connectivity index (χ2v) is 6.84. The Balaban J connectivity index is 1.98. The fourth-order valence-corrected chi connectivity index (χ4v) is 3.47. The van der Waals surface area contributed by atoms with E-state index in [1.165, 1.54) is 0 Å². The molecule has 25 heavy (non-hydrogen) atoms. The number of anilines is 1. The van der Waals surface area contributed by atoms with E-state index < -0.39 is 6.03 Å². The molecule has 3 amide bonds. The monoisotopic (exact) mass is 357 g/mol. The molecule has 0 spiro atoms. The summed E-state index contributed by atoms with van der Waals surface area (Å²) in [5.74, 6) is -0.387. The van der Waals surface area contributed by atoms with Crippen LogP contribution in [0, 0.1) is 13.8 Å². The van der Waals surface area contributed by atoms with Crippen LogP contribution in [0.3, 0.4) is 0 Å². The average molecular weight is 358 g/mol. The smallest absolute Gasteiger partial charge is 0.333 e. The molecular formula is C19H20ClN3O2. The van der Waals surface area contributed by atoms with Crippen molar-refractivity contribution in [3.8, 4) is 0 Å². The van der Waals surface area contributed by atoms with Crippen LogP contribution in [0.2, 0.25) is 5.02 Å². The topological polar surface area (TPSA) is 54.3 Å². The molecule has 130 valence electrons. The molecule has 0 aliphatic carbocycles. The third-order valence-electron chi connectivity index (χ3n) is 4.28. The molecule has 3 rings (SSSR count). The maximum absolute atomic E-state index is 12.7. The molecule has 2 aromatic rings. The Bertz CT molecular complexity index is 896. The van der Waals surface area contributed by atoms with E-state index in [1.807, 2.05) is 19.9 Å². The van der Waals surface area contributed by atoms with Crippen LogP contribution in [0.25, 0.3) is 6.08 Å². The van der Waals surface area contributed by atoms with Crippen LogP contribution in [0.15, 0.2) is 36.0 Å². The highest BCUT2D eigenvalue weighted by Crippen LogP contribution is 2.27. The number of carbonyl (C=O) groups is 2. The standard InChI is InChI=1S/C19H20ClN3O2/c1-11(2)22-12(3)8-14(13(22)4)9-17-18(24)23(19(25)21-17)16-7-5-6-15(20)10-16/h5-11H,1-4H3,(H,21,25)/b17-9-. The summed E-state index contributed by atoms with van der Waals surface area (Å²) in [6.45, 7) is 8.26. The first-order valence-corrected chi connectivity index (χ1v) is 8.48. The molecule has 1 aliphatic heterocycles. The molecule has 1 aromatic carbocycles. The Morgan fingerprint density at radius 3 is 2.48 bits per heavy atom. The number of aryl methyl sites for hydroxylation is 1. The minimum Gasteiger partial charge on any atom is -0.346 e. The van der Waals surface area contributed by atoms with E-state index in [-0.39, 0.29) is 11.6 Å². The van der Waals surface area contributed by atoms with Gasteiger partial charge >= 0.3 is 6.03 Å². The number of urea groups is 1. The van der Waals surface area contributed by atoms with Crippen molar-refractivity contribution in [2.75, 3.05) is 4.90 Å². The molecule has 0 saturated carbocycles. The zero-order chi connectivity index (χ0) is 18.3. The highest BCUT2D eigenvalue weighted by atomic mass is 35.5. The number of hydrogen-bond donors (Lipinski definition) is 1. The summed E-state index contributed by atoms with van der Waals surface area (Å²) in [6.07, 6.45) is 1.73. The largest absolute Gasteiger partial charge is 0.346 e. The molecule has 1 saturated heterocycles. The summed E-state index contributed by atoms with van der Waals surface area (Å²) < 4.78 is 2.20. The third kappa shape index (κ3) is 3.07.